The topological polar surface area (TPSA) is 122 Å². The van der Waals surface area contributed by atoms with Crippen molar-refractivity contribution < 1.29 is 29.0 Å². The number of benzene rings is 2. The van der Waals surface area contributed by atoms with Crippen molar-refractivity contribution in [2.75, 3.05) is 0 Å². The average Bonchev–Trinajstić information content (AvgIpc) is 2.75. The maximum Gasteiger partial charge on any atom is 0.328 e. The van der Waals surface area contributed by atoms with Crippen LogP contribution in [0.3, 0.4) is 0 Å². The number of ether oxygens (including phenoxy) is 1. The lowest BCUT2D eigenvalue weighted by atomic mass is 10.1. The molecule has 0 aliphatic carbocycles. The number of hydrogen-bond acceptors (Lipinski definition) is 5. The van der Waals surface area contributed by atoms with Crippen LogP contribution in [0.25, 0.3) is 0 Å². The largest absolute Gasteiger partial charge is 0.481 e. The number of nitrogens with one attached hydrogen (secondary N) is 2. The number of aliphatic carboxylic acids is 1. The molecule has 2 aromatic rings. The second kappa shape index (κ2) is 12.1. The molecule has 0 spiro atoms. The Morgan fingerprint density at radius 1 is 0.903 bits per heavy atom. The average molecular weight is 426 g/mol. The highest BCUT2D eigenvalue weighted by molar-refractivity contribution is 5.91. The number of esters is 1. The quantitative estimate of drug-likeness (QED) is 0.471. The van der Waals surface area contributed by atoms with Crippen LogP contribution in [0, 0.1) is 0 Å². The van der Waals surface area contributed by atoms with Crippen molar-refractivity contribution in [1.29, 1.82) is 0 Å². The minimum Gasteiger partial charge on any atom is -0.481 e. The highest BCUT2D eigenvalue weighted by Crippen LogP contribution is 2.06. The number of carboxylic acids is 1. The van der Waals surface area contributed by atoms with Crippen LogP contribution in [0.4, 0.5) is 0 Å². The first-order valence-corrected chi connectivity index (χ1v) is 9.91. The van der Waals surface area contributed by atoms with Crippen LogP contribution < -0.4 is 10.6 Å². The third-order valence-electron chi connectivity index (χ3n) is 4.45. The zero-order chi connectivity index (χ0) is 22.6. The van der Waals surface area contributed by atoms with Gasteiger partial charge in [0.05, 0.1) is 6.42 Å². The molecule has 0 fully saturated rings. The molecule has 2 atom stereocenters. The van der Waals surface area contributed by atoms with Crippen LogP contribution >= 0.6 is 0 Å². The molecule has 0 bridgehead atoms. The van der Waals surface area contributed by atoms with Crippen molar-refractivity contribution in [3.8, 4) is 0 Å². The van der Waals surface area contributed by atoms with Gasteiger partial charge in [-0.2, -0.15) is 0 Å². The Labute approximate surface area is 180 Å². The van der Waals surface area contributed by atoms with Gasteiger partial charge in [0.15, 0.2) is 0 Å². The third kappa shape index (κ3) is 8.69. The molecule has 164 valence electrons. The molecule has 3 N–H and O–H groups in total. The minimum atomic E-state index is -1.14. The van der Waals surface area contributed by atoms with Gasteiger partial charge in [-0.25, -0.2) is 4.79 Å². The van der Waals surface area contributed by atoms with Crippen LogP contribution in [0.15, 0.2) is 60.7 Å². The van der Waals surface area contributed by atoms with E-state index in [-0.39, 0.29) is 31.8 Å². The van der Waals surface area contributed by atoms with Gasteiger partial charge < -0.3 is 20.5 Å². The summed E-state index contributed by atoms with van der Waals surface area (Å²) in [4.78, 5) is 48.0. The van der Waals surface area contributed by atoms with E-state index in [0.29, 0.717) is 0 Å². The zero-order valence-corrected chi connectivity index (χ0v) is 17.2. The predicted molar refractivity (Wildman–Crippen MR) is 113 cm³/mol. The van der Waals surface area contributed by atoms with Crippen molar-refractivity contribution in [3.63, 3.8) is 0 Å². The Morgan fingerprint density at radius 3 is 2.06 bits per heavy atom. The molecule has 2 amide bonds. The molecule has 0 aliphatic heterocycles. The van der Waals surface area contributed by atoms with Gasteiger partial charge in [-0.15, -0.1) is 0 Å². The summed E-state index contributed by atoms with van der Waals surface area (Å²) >= 11 is 0. The van der Waals surface area contributed by atoms with E-state index in [1.807, 2.05) is 24.3 Å². The van der Waals surface area contributed by atoms with E-state index in [1.165, 1.54) is 6.92 Å². The highest BCUT2D eigenvalue weighted by Gasteiger charge is 2.26. The summed E-state index contributed by atoms with van der Waals surface area (Å²) in [6.07, 6.45) is -0.334. The van der Waals surface area contributed by atoms with Crippen molar-refractivity contribution in [1.82, 2.24) is 10.6 Å². The summed E-state index contributed by atoms with van der Waals surface area (Å²) in [7, 11) is 0. The van der Waals surface area contributed by atoms with Gasteiger partial charge in [0, 0.05) is 6.42 Å². The summed E-state index contributed by atoms with van der Waals surface area (Å²) in [5.74, 6) is -2.78. The first-order valence-electron chi connectivity index (χ1n) is 9.91. The standard InChI is InChI=1S/C23H26N2O6/c1-16(24-20(26)14-17-8-4-2-5-9-17)22(29)25-19(12-13-21(27)28)23(30)31-15-18-10-6-3-7-11-18/h2-11,16,19H,12-15H2,1H3,(H,24,26)(H,25,29)(H,27,28)/t16-,19+/m0/s1. The van der Waals surface area contributed by atoms with E-state index in [9.17, 15) is 19.2 Å². The van der Waals surface area contributed by atoms with E-state index >= 15 is 0 Å². The van der Waals surface area contributed by atoms with Crippen molar-refractivity contribution >= 4 is 23.8 Å². The fourth-order valence-electron chi connectivity index (χ4n) is 2.78. The Balaban J connectivity index is 1.91. The second-order valence-electron chi connectivity index (χ2n) is 7.04. The van der Waals surface area contributed by atoms with Gasteiger partial charge in [-0.3, -0.25) is 14.4 Å². The van der Waals surface area contributed by atoms with Gasteiger partial charge in [0.25, 0.3) is 0 Å². The lowest BCUT2D eigenvalue weighted by molar-refractivity contribution is -0.150. The molecular formula is C23H26N2O6. The van der Waals surface area contributed by atoms with Crippen LogP contribution in [0.1, 0.15) is 30.9 Å². The monoisotopic (exact) mass is 426 g/mol. The normalized spacial score (nSPS) is 12.3. The van der Waals surface area contributed by atoms with Gasteiger partial charge in [-0.05, 0) is 24.5 Å². The number of rotatable bonds is 11. The van der Waals surface area contributed by atoms with Crippen molar-refractivity contribution in [2.24, 2.45) is 0 Å². The van der Waals surface area contributed by atoms with Gasteiger partial charge in [0.2, 0.25) is 11.8 Å². The van der Waals surface area contributed by atoms with Crippen LogP contribution in [0.5, 0.6) is 0 Å². The first-order chi connectivity index (χ1) is 14.8. The van der Waals surface area contributed by atoms with Gasteiger partial charge in [-0.1, -0.05) is 60.7 Å². The van der Waals surface area contributed by atoms with Crippen LogP contribution in [-0.4, -0.2) is 40.9 Å². The predicted octanol–water partition coefficient (Wildman–Crippen LogP) is 1.83. The molecule has 0 unspecified atom stereocenters. The van der Waals surface area contributed by atoms with E-state index in [1.54, 1.807) is 36.4 Å². The highest BCUT2D eigenvalue weighted by atomic mass is 16.5. The number of hydrogen-bond donors (Lipinski definition) is 3. The molecule has 0 saturated heterocycles. The van der Waals surface area contributed by atoms with E-state index in [2.05, 4.69) is 10.6 Å². The SMILES string of the molecule is C[C@H](NC(=O)Cc1ccccc1)C(=O)N[C@H](CCC(=O)O)C(=O)OCc1ccccc1. The molecule has 31 heavy (non-hydrogen) atoms. The van der Waals surface area contributed by atoms with Gasteiger partial charge >= 0.3 is 11.9 Å². The number of carboxylic acid groups (broad SMARTS) is 1. The van der Waals surface area contributed by atoms with E-state index < -0.39 is 29.9 Å². The van der Waals surface area contributed by atoms with E-state index in [4.69, 9.17) is 9.84 Å². The Morgan fingerprint density at radius 2 is 1.48 bits per heavy atom. The third-order valence-corrected chi connectivity index (χ3v) is 4.45. The maximum atomic E-state index is 12.5. The molecule has 0 radical (unpaired) electrons. The Kier molecular flexibility index (Phi) is 9.22. The molecule has 8 nitrogen and oxygen atoms in total. The zero-order valence-electron chi connectivity index (χ0n) is 17.2. The first kappa shape index (κ1) is 23.6. The fraction of sp³-hybridized carbons (Fsp3) is 0.304. The summed E-state index contributed by atoms with van der Waals surface area (Å²) < 4.78 is 5.23. The number of carbonyl (C=O) groups excluding carboxylic acids is 3. The van der Waals surface area contributed by atoms with Crippen LogP contribution in [0.2, 0.25) is 0 Å². The summed E-state index contributed by atoms with van der Waals surface area (Å²) in [5.41, 5.74) is 1.57. The van der Waals surface area contributed by atoms with Crippen LogP contribution in [-0.2, 0) is 36.9 Å². The molecular weight excluding hydrogens is 400 g/mol. The lowest BCUT2D eigenvalue weighted by Crippen LogP contribution is -2.51. The smallest absolute Gasteiger partial charge is 0.328 e. The maximum absolute atomic E-state index is 12.5. The molecule has 0 aliphatic rings. The minimum absolute atomic E-state index is 0.00246. The molecule has 0 saturated carbocycles. The second-order valence-corrected chi connectivity index (χ2v) is 7.04. The molecule has 2 rings (SSSR count). The fourth-order valence-corrected chi connectivity index (χ4v) is 2.78. The summed E-state index contributed by atoms with van der Waals surface area (Å²) in [6, 6.07) is 16.0. The molecule has 0 aromatic heterocycles. The summed E-state index contributed by atoms with van der Waals surface area (Å²) in [6.45, 7) is 1.49. The van der Waals surface area contributed by atoms with Crippen molar-refractivity contribution in [2.45, 2.75) is 44.9 Å². The lowest BCUT2D eigenvalue weighted by Gasteiger charge is -2.20. The number of carbonyl (C=O) groups is 4. The summed E-state index contributed by atoms with van der Waals surface area (Å²) in [5, 5.41) is 14.0. The Hall–Kier alpha value is -3.68. The molecule has 0 heterocycles. The number of amides is 2. The molecule has 2 aromatic carbocycles. The van der Waals surface area contributed by atoms with Crippen molar-refractivity contribution in [3.05, 3.63) is 71.8 Å². The van der Waals surface area contributed by atoms with E-state index in [0.717, 1.165) is 11.1 Å². The van der Waals surface area contributed by atoms with Gasteiger partial charge in [0.1, 0.15) is 18.7 Å². The Bertz CT molecular complexity index is 885. The molecule has 8 heteroatoms.